The molecule has 0 heterocycles. The second kappa shape index (κ2) is 8.87. The zero-order chi connectivity index (χ0) is 21.9. The van der Waals surface area contributed by atoms with Crippen LogP contribution in [0.3, 0.4) is 0 Å². The Kier molecular flexibility index (Phi) is 5.63. The highest BCUT2D eigenvalue weighted by Gasteiger charge is 2.42. The third-order valence-corrected chi connectivity index (χ3v) is 6.54. The molecule has 32 heavy (non-hydrogen) atoms. The van der Waals surface area contributed by atoms with Crippen LogP contribution < -0.4 is 15.4 Å². The number of benzene rings is 3. The Morgan fingerprint density at radius 1 is 0.750 bits per heavy atom. The Bertz CT molecular complexity index is 1080. The molecule has 3 aromatic rings. The third-order valence-electron chi connectivity index (χ3n) is 6.54. The zero-order valence-electron chi connectivity index (χ0n) is 17.8. The first-order valence-corrected chi connectivity index (χ1v) is 11.1. The SMILES string of the molecule is O=C(CNC(=O)COc1ccccc1)NC[C@H]1CC2c3ccccc3C1c1ccccc12. The normalized spacial score (nSPS) is 20.1. The monoisotopic (exact) mass is 426 g/mol. The van der Waals surface area contributed by atoms with Gasteiger partial charge in [-0.2, -0.15) is 0 Å². The molecule has 162 valence electrons. The fourth-order valence-corrected chi connectivity index (χ4v) is 5.16. The minimum atomic E-state index is -0.316. The van der Waals surface area contributed by atoms with E-state index >= 15 is 0 Å². The van der Waals surface area contributed by atoms with E-state index in [1.165, 1.54) is 22.3 Å². The Labute approximate surface area is 187 Å². The zero-order valence-corrected chi connectivity index (χ0v) is 17.8. The highest BCUT2D eigenvalue weighted by molar-refractivity contribution is 5.85. The molecule has 0 unspecified atom stereocenters. The molecular formula is C27H26N2O3. The lowest BCUT2D eigenvalue weighted by Gasteiger charge is -2.45. The van der Waals surface area contributed by atoms with Gasteiger partial charge in [0, 0.05) is 18.4 Å². The molecule has 0 spiro atoms. The summed E-state index contributed by atoms with van der Waals surface area (Å²) in [5.74, 6) is 1.14. The van der Waals surface area contributed by atoms with E-state index in [-0.39, 0.29) is 25.0 Å². The van der Waals surface area contributed by atoms with Crippen molar-refractivity contribution in [2.45, 2.75) is 18.3 Å². The number of para-hydroxylation sites is 1. The first-order chi connectivity index (χ1) is 15.7. The van der Waals surface area contributed by atoms with Gasteiger partial charge in [0.25, 0.3) is 5.91 Å². The average molecular weight is 427 g/mol. The van der Waals surface area contributed by atoms with Crippen LogP contribution in [0, 0.1) is 5.92 Å². The van der Waals surface area contributed by atoms with Crippen LogP contribution in [0.4, 0.5) is 0 Å². The molecule has 6 rings (SSSR count). The van der Waals surface area contributed by atoms with Crippen LogP contribution in [0.1, 0.15) is 40.5 Å². The average Bonchev–Trinajstić information content (AvgIpc) is 2.85. The summed E-state index contributed by atoms with van der Waals surface area (Å²) in [7, 11) is 0. The molecule has 2 bridgehead atoms. The predicted molar refractivity (Wildman–Crippen MR) is 123 cm³/mol. The molecule has 2 N–H and O–H groups in total. The number of carbonyl (C=O) groups is 2. The first kappa shape index (κ1) is 20.3. The standard InChI is InChI=1S/C27H26N2O3/c30-25(16-29-26(31)17-32-19-8-2-1-3-9-19)28-15-18-14-24-20-10-4-6-12-22(20)27(18)23-13-7-5-11-21(23)24/h1-13,18,24,27H,14-17H2,(H,28,30)(H,29,31)/t18-,24?,27?/m1/s1. The summed E-state index contributed by atoms with van der Waals surface area (Å²) in [6, 6.07) is 26.5. The highest BCUT2D eigenvalue weighted by Crippen LogP contribution is 2.55. The maximum Gasteiger partial charge on any atom is 0.258 e. The molecule has 3 aliphatic rings. The second-order valence-corrected chi connectivity index (χ2v) is 8.47. The maximum absolute atomic E-state index is 12.4. The fourth-order valence-electron chi connectivity index (χ4n) is 5.16. The van der Waals surface area contributed by atoms with Gasteiger partial charge < -0.3 is 15.4 Å². The smallest absolute Gasteiger partial charge is 0.258 e. The Morgan fingerprint density at radius 2 is 1.34 bits per heavy atom. The minimum Gasteiger partial charge on any atom is -0.484 e. The van der Waals surface area contributed by atoms with Gasteiger partial charge in [0.15, 0.2) is 6.61 Å². The van der Waals surface area contributed by atoms with Gasteiger partial charge in [-0.3, -0.25) is 9.59 Å². The summed E-state index contributed by atoms with van der Waals surface area (Å²) in [6.07, 6.45) is 1.02. The van der Waals surface area contributed by atoms with E-state index in [0.29, 0.717) is 30.0 Å². The van der Waals surface area contributed by atoms with Gasteiger partial charge in [0.05, 0.1) is 6.54 Å². The van der Waals surface area contributed by atoms with Crippen LogP contribution in [0.15, 0.2) is 78.9 Å². The summed E-state index contributed by atoms with van der Waals surface area (Å²) < 4.78 is 5.41. The van der Waals surface area contributed by atoms with Crippen molar-refractivity contribution < 1.29 is 14.3 Å². The van der Waals surface area contributed by atoms with E-state index in [9.17, 15) is 9.59 Å². The van der Waals surface area contributed by atoms with Crippen LogP contribution in [0.25, 0.3) is 0 Å². The van der Waals surface area contributed by atoms with Crippen molar-refractivity contribution in [2.75, 3.05) is 19.7 Å². The van der Waals surface area contributed by atoms with Crippen molar-refractivity contribution in [3.05, 3.63) is 101 Å². The predicted octanol–water partition coefficient (Wildman–Crippen LogP) is 3.60. The van der Waals surface area contributed by atoms with E-state index in [2.05, 4.69) is 59.2 Å². The van der Waals surface area contributed by atoms with Crippen LogP contribution in [0.2, 0.25) is 0 Å². The number of fused-ring (bicyclic) bond motifs is 1. The van der Waals surface area contributed by atoms with E-state index < -0.39 is 0 Å². The molecular weight excluding hydrogens is 400 g/mol. The number of amides is 2. The van der Waals surface area contributed by atoms with Gasteiger partial charge in [0.1, 0.15) is 5.75 Å². The molecule has 1 atom stereocenters. The molecule has 2 amide bonds. The van der Waals surface area contributed by atoms with E-state index in [4.69, 9.17) is 4.74 Å². The van der Waals surface area contributed by atoms with Crippen LogP contribution in [-0.2, 0) is 9.59 Å². The molecule has 3 aromatic carbocycles. The summed E-state index contributed by atoms with van der Waals surface area (Å²) in [5.41, 5.74) is 5.61. The Balaban J connectivity index is 1.16. The van der Waals surface area contributed by atoms with Gasteiger partial charge in [-0.25, -0.2) is 0 Å². The van der Waals surface area contributed by atoms with Crippen LogP contribution in [0.5, 0.6) is 5.75 Å². The number of carbonyl (C=O) groups excluding carboxylic acids is 2. The topological polar surface area (TPSA) is 67.4 Å². The fraction of sp³-hybridized carbons (Fsp3) is 0.259. The quantitative estimate of drug-likeness (QED) is 0.607. The largest absolute Gasteiger partial charge is 0.484 e. The molecule has 5 heteroatoms. The molecule has 0 saturated carbocycles. The lowest BCUT2D eigenvalue weighted by atomic mass is 9.59. The molecule has 5 nitrogen and oxygen atoms in total. The van der Waals surface area contributed by atoms with Gasteiger partial charge >= 0.3 is 0 Å². The third kappa shape index (κ3) is 3.98. The van der Waals surface area contributed by atoms with Crippen molar-refractivity contribution in [3.63, 3.8) is 0 Å². The number of hydrogen-bond acceptors (Lipinski definition) is 3. The molecule has 0 fully saturated rings. The van der Waals surface area contributed by atoms with Crippen molar-refractivity contribution in [1.82, 2.24) is 10.6 Å². The minimum absolute atomic E-state index is 0.0506. The van der Waals surface area contributed by atoms with Crippen LogP contribution >= 0.6 is 0 Å². The van der Waals surface area contributed by atoms with E-state index in [1.54, 1.807) is 12.1 Å². The van der Waals surface area contributed by atoms with Crippen molar-refractivity contribution in [1.29, 1.82) is 0 Å². The van der Waals surface area contributed by atoms with Crippen LogP contribution in [-0.4, -0.2) is 31.5 Å². The second-order valence-electron chi connectivity index (χ2n) is 8.47. The molecule has 0 aromatic heterocycles. The highest BCUT2D eigenvalue weighted by atomic mass is 16.5. The molecule has 3 aliphatic carbocycles. The number of ether oxygens (including phenoxy) is 1. The Morgan fingerprint density at radius 3 is 2.00 bits per heavy atom. The van der Waals surface area contributed by atoms with Gasteiger partial charge in [-0.15, -0.1) is 0 Å². The number of nitrogens with one attached hydrogen (secondary N) is 2. The van der Waals surface area contributed by atoms with Crippen molar-refractivity contribution in [3.8, 4) is 5.75 Å². The lowest BCUT2D eigenvalue weighted by Crippen LogP contribution is -2.43. The number of rotatable bonds is 7. The summed E-state index contributed by atoms with van der Waals surface area (Å²) >= 11 is 0. The lowest BCUT2D eigenvalue weighted by molar-refractivity contribution is -0.127. The van der Waals surface area contributed by atoms with Crippen molar-refractivity contribution >= 4 is 11.8 Å². The number of hydrogen-bond donors (Lipinski definition) is 2. The first-order valence-electron chi connectivity index (χ1n) is 11.1. The molecule has 0 saturated heterocycles. The van der Waals surface area contributed by atoms with E-state index in [0.717, 1.165) is 6.42 Å². The summed E-state index contributed by atoms with van der Waals surface area (Å²) in [6.45, 7) is 0.432. The van der Waals surface area contributed by atoms with Gasteiger partial charge in [-0.05, 0) is 46.7 Å². The molecule has 0 radical (unpaired) electrons. The maximum atomic E-state index is 12.4. The van der Waals surface area contributed by atoms with Crippen molar-refractivity contribution in [2.24, 2.45) is 5.92 Å². The summed E-state index contributed by atoms with van der Waals surface area (Å²) in [5, 5.41) is 5.66. The van der Waals surface area contributed by atoms with E-state index in [1.807, 2.05) is 18.2 Å². The van der Waals surface area contributed by atoms with Gasteiger partial charge in [0.2, 0.25) is 5.91 Å². The molecule has 0 aliphatic heterocycles. The summed E-state index contributed by atoms with van der Waals surface area (Å²) in [4.78, 5) is 24.4. The Hall–Kier alpha value is -3.60. The van der Waals surface area contributed by atoms with Gasteiger partial charge in [-0.1, -0.05) is 66.7 Å².